The minimum Gasteiger partial charge on any atom is -0.493 e. The van der Waals surface area contributed by atoms with Crippen LogP contribution in [0.5, 0.6) is 23.0 Å². The number of pyridine rings is 1. The van der Waals surface area contributed by atoms with Crippen LogP contribution in [0.15, 0.2) is 79.0 Å². The molecule has 0 aliphatic rings. The maximum Gasteiger partial charge on any atom is 0.241 e. The van der Waals surface area contributed by atoms with Gasteiger partial charge in [-0.3, -0.25) is 9.78 Å². The topological polar surface area (TPSA) is 81.7 Å². The minimum absolute atomic E-state index is 0.0575. The number of hydrogen-bond donors (Lipinski definition) is 2. The van der Waals surface area contributed by atoms with Gasteiger partial charge in [-0.05, 0) is 66.9 Å². The Hall–Kier alpha value is -4.10. The predicted molar refractivity (Wildman–Crippen MR) is 147 cm³/mol. The summed E-state index contributed by atoms with van der Waals surface area (Å²) in [6.45, 7) is 4.81. The molecule has 0 bridgehead atoms. The van der Waals surface area contributed by atoms with Crippen molar-refractivity contribution in [3.05, 3.63) is 84.6 Å². The van der Waals surface area contributed by atoms with Gasteiger partial charge in [-0.25, -0.2) is 0 Å². The minimum atomic E-state index is -0.296. The molecule has 0 spiro atoms. The third kappa shape index (κ3) is 6.37. The standard InChI is InChI=1S/C30H33N3O4/c1-20(2)27(31-18-16-21-8-6-5-7-9-21)30(34)33-22-10-12-23(13-11-22)37-25-17-19-32-28-24(25)14-15-26(35-3)29(28)36-4/h5-15,17,19-20,27,31H,16,18H2,1-4H3,(H,33,34). The van der Waals surface area contributed by atoms with Crippen molar-refractivity contribution >= 4 is 22.5 Å². The molecular formula is C30H33N3O4. The number of anilines is 1. The van der Waals surface area contributed by atoms with Crippen LogP contribution in [0.3, 0.4) is 0 Å². The number of nitrogens with one attached hydrogen (secondary N) is 2. The Balaban J connectivity index is 1.41. The molecule has 1 atom stereocenters. The Kier molecular flexibility index (Phi) is 8.59. The molecule has 4 rings (SSSR count). The number of ether oxygens (including phenoxy) is 3. The molecule has 0 aliphatic heterocycles. The molecule has 1 amide bonds. The first-order chi connectivity index (χ1) is 18.0. The van der Waals surface area contributed by atoms with Crippen molar-refractivity contribution in [1.82, 2.24) is 10.3 Å². The van der Waals surface area contributed by atoms with Crippen LogP contribution in [0.1, 0.15) is 19.4 Å². The van der Waals surface area contributed by atoms with E-state index in [9.17, 15) is 4.79 Å². The fourth-order valence-corrected chi connectivity index (χ4v) is 4.20. The Morgan fingerprint density at radius 1 is 0.892 bits per heavy atom. The molecule has 1 heterocycles. The Bertz CT molecular complexity index is 1320. The summed E-state index contributed by atoms with van der Waals surface area (Å²) in [6, 6.07) is 22.8. The molecule has 3 aromatic carbocycles. The first-order valence-electron chi connectivity index (χ1n) is 12.4. The molecule has 7 nitrogen and oxygen atoms in total. The second-order valence-corrected chi connectivity index (χ2v) is 9.03. The lowest BCUT2D eigenvalue weighted by molar-refractivity contribution is -0.119. The lowest BCUT2D eigenvalue weighted by Crippen LogP contribution is -2.45. The number of carbonyl (C=O) groups excluding carboxylic acids is 1. The average molecular weight is 500 g/mol. The van der Waals surface area contributed by atoms with Crippen molar-refractivity contribution in [2.45, 2.75) is 26.3 Å². The van der Waals surface area contributed by atoms with Crippen LogP contribution in [0, 0.1) is 5.92 Å². The summed E-state index contributed by atoms with van der Waals surface area (Å²) in [6.07, 6.45) is 2.54. The van der Waals surface area contributed by atoms with Crippen LogP contribution in [0.25, 0.3) is 10.9 Å². The van der Waals surface area contributed by atoms with Gasteiger partial charge in [0.15, 0.2) is 11.5 Å². The average Bonchev–Trinajstić information content (AvgIpc) is 2.92. The van der Waals surface area contributed by atoms with Gasteiger partial charge >= 0.3 is 0 Å². The van der Waals surface area contributed by atoms with E-state index < -0.39 is 0 Å². The van der Waals surface area contributed by atoms with Crippen molar-refractivity contribution in [3.8, 4) is 23.0 Å². The first kappa shape index (κ1) is 26.0. The molecule has 2 N–H and O–H groups in total. The van der Waals surface area contributed by atoms with Gasteiger partial charge in [0, 0.05) is 17.3 Å². The van der Waals surface area contributed by atoms with Crippen LogP contribution in [-0.2, 0) is 11.2 Å². The highest BCUT2D eigenvalue weighted by molar-refractivity contribution is 5.95. The third-order valence-corrected chi connectivity index (χ3v) is 6.13. The van der Waals surface area contributed by atoms with Gasteiger partial charge in [-0.2, -0.15) is 0 Å². The van der Waals surface area contributed by atoms with Gasteiger partial charge < -0.3 is 24.8 Å². The number of methoxy groups -OCH3 is 2. The van der Waals surface area contributed by atoms with Crippen LogP contribution in [0.4, 0.5) is 5.69 Å². The summed E-state index contributed by atoms with van der Waals surface area (Å²) in [5, 5.41) is 7.23. The van der Waals surface area contributed by atoms with Crippen LogP contribution in [-0.4, -0.2) is 37.7 Å². The number of fused-ring (bicyclic) bond motifs is 1. The number of aromatic nitrogens is 1. The first-order valence-corrected chi connectivity index (χ1v) is 12.4. The zero-order valence-corrected chi connectivity index (χ0v) is 21.7. The molecular weight excluding hydrogens is 466 g/mol. The van der Waals surface area contributed by atoms with E-state index in [4.69, 9.17) is 14.2 Å². The van der Waals surface area contributed by atoms with Gasteiger partial charge in [0.2, 0.25) is 5.91 Å². The summed E-state index contributed by atoms with van der Waals surface area (Å²) in [7, 11) is 3.18. The van der Waals surface area contributed by atoms with Gasteiger partial charge in [-0.1, -0.05) is 44.2 Å². The summed E-state index contributed by atoms with van der Waals surface area (Å²) >= 11 is 0. The van der Waals surface area contributed by atoms with E-state index in [1.54, 1.807) is 26.5 Å². The maximum absolute atomic E-state index is 13.0. The number of carbonyl (C=O) groups is 1. The van der Waals surface area contributed by atoms with E-state index in [2.05, 4.69) is 27.8 Å². The summed E-state index contributed by atoms with van der Waals surface area (Å²) in [4.78, 5) is 17.4. The normalized spacial score (nSPS) is 11.8. The molecule has 7 heteroatoms. The molecule has 4 aromatic rings. The SMILES string of the molecule is COc1ccc2c(Oc3ccc(NC(=O)C(NCCc4ccccc4)C(C)C)cc3)ccnc2c1OC. The van der Waals surface area contributed by atoms with E-state index in [0.717, 1.165) is 18.4 Å². The van der Waals surface area contributed by atoms with Crippen LogP contribution < -0.4 is 24.8 Å². The van der Waals surface area contributed by atoms with E-state index in [1.165, 1.54) is 5.56 Å². The molecule has 0 aliphatic carbocycles. The second-order valence-electron chi connectivity index (χ2n) is 9.03. The fraction of sp³-hybridized carbons (Fsp3) is 0.267. The molecule has 0 radical (unpaired) electrons. The fourth-order valence-electron chi connectivity index (χ4n) is 4.20. The van der Waals surface area contributed by atoms with E-state index in [1.807, 2.05) is 68.4 Å². The number of benzene rings is 3. The summed E-state index contributed by atoms with van der Waals surface area (Å²) in [5.41, 5.74) is 2.61. The number of rotatable bonds is 11. The predicted octanol–water partition coefficient (Wildman–Crippen LogP) is 5.84. The van der Waals surface area contributed by atoms with Crippen molar-refractivity contribution in [1.29, 1.82) is 0 Å². The number of amides is 1. The molecule has 1 unspecified atom stereocenters. The summed E-state index contributed by atoms with van der Waals surface area (Å²) < 4.78 is 17.0. The van der Waals surface area contributed by atoms with Gasteiger partial charge in [-0.15, -0.1) is 0 Å². The van der Waals surface area contributed by atoms with Crippen molar-refractivity contribution < 1.29 is 19.0 Å². The molecule has 0 saturated heterocycles. The lowest BCUT2D eigenvalue weighted by atomic mass is 10.0. The molecule has 1 aromatic heterocycles. The zero-order valence-electron chi connectivity index (χ0n) is 21.7. The Labute approximate surface area is 217 Å². The number of hydrogen-bond acceptors (Lipinski definition) is 6. The monoisotopic (exact) mass is 499 g/mol. The Morgan fingerprint density at radius 3 is 2.32 bits per heavy atom. The van der Waals surface area contributed by atoms with Crippen LogP contribution >= 0.6 is 0 Å². The van der Waals surface area contributed by atoms with Crippen molar-refractivity contribution in [3.63, 3.8) is 0 Å². The van der Waals surface area contributed by atoms with Crippen molar-refractivity contribution in [2.75, 3.05) is 26.1 Å². The lowest BCUT2D eigenvalue weighted by Gasteiger charge is -2.22. The maximum atomic E-state index is 13.0. The highest BCUT2D eigenvalue weighted by Crippen LogP contribution is 2.38. The number of nitrogens with zero attached hydrogens (tertiary/aromatic N) is 1. The van der Waals surface area contributed by atoms with E-state index >= 15 is 0 Å². The smallest absolute Gasteiger partial charge is 0.241 e. The van der Waals surface area contributed by atoms with Crippen molar-refractivity contribution in [2.24, 2.45) is 5.92 Å². The van der Waals surface area contributed by atoms with Gasteiger partial charge in [0.05, 0.1) is 20.3 Å². The highest BCUT2D eigenvalue weighted by Gasteiger charge is 2.21. The third-order valence-electron chi connectivity index (χ3n) is 6.13. The van der Waals surface area contributed by atoms with Gasteiger partial charge in [0.1, 0.15) is 17.0 Å². The molecule has 0 fully saturated rings. The van der Waals surface area contributed by atoms with E-state index in [-0.39, 0.29) is 17.9 Å². The largest absolute Gasteiger partial charge is 0.493 e. The van der Waals surface area contributed by atoms with Gasteiger partial charge in [0.25, 0.3) is 0 Å². The molecule has 37 heavy (non-hydrogen) atoms. The highest BCUT2D eigenvalue weighted by atomic mass is 16.5. The van der Waals surface area contributed by atoms with E-state index in [0.29, 0.717) is 34.2 Å². The molecule has 192 valence electrons. The summed E-state index contributed by atoms with van der Waals surface area (Å²) in [5.74, 6) is 2.54. The second kappa shape index (κ2) is 12.2. The Morgan fingerprint density at radius 2 is 1.65 bits per heavy atom. The van der Waals surface area contributed by atoms with Crippen LogP contribution in [0.2, 0.25) is 0 Å². The zero-order chi connectivity index (χ0) is 26.2. The quantitative estimate of drug-likeness (QED) is 0.270. The molecule has 0 saturated carbocycles.